The summed E-state index contributed by atoms with van der Waals surface area (Å²) in [6.45, 7) is 5.86. The number of sulfonamides is 1. The number of hydrogen-bond donors (Lipinski definition) is 2. The van der Waals surface area contributed by atoms with Crippen LogP contribution < -0.4 is 10.0 Å². The normalized spacial score (nSPS) is 11.2. The average molecular weight is 338 g/mol. The first-order valence-corrected chi connectivity index (χ1v) is 9.02. The Labute approximate surface area is 132 Å². The van der Waals surface area contributed by atoms with Crippen molar-refractivity contribution in [2.45, 2.75) is 33.1 Å². The fraction of sp³-hybridized carbons (Fsp3) is 0.846. The molecule has 0 aliphatic carbocycles. The van der Waals surface area contributed by atoms with Gasteiger partial charge < -0.3 is 14.8 Å². The minimum Gasteiger partial charge on any atom is -0.379 e. The number of hydrogen-bond acceptors (Lipinski definition) is 6. The second kappa shape index (κ2) is 12.4. The van der Waals surface area contributed by atoms with Gasteiger partial charge in [-0.15, -0.1) is 0 Å². The highest BCUT2D eigenvalue weighted by molar-refractivity contribution is 7.90. The zero-order valence-corrected chi connectivity index (χ0v) is 14.0. The molecule has 0 aliphatic rings. The van der Waals surface area contributed by atoms with E-state index in [-0.39, 0.29) is 12.8 Å². The molecule has 9 heteroatoms. The van der Waals surface area contributed by atoms with Gasteiger partial charge in [-0.05, 0) is 6.42 Å². The predicted octanol–water partition coefficient (Wildman–Crippen LogP) is -0.208. The van der Waals surface area contributed by atoms with Gasteiger partial charge in [0.1, 0.15) is 0 Å². The SMILES string of the molecule is CCCOCCOCCNC(=O)CCS(=O)(=O)NC(=O)CC. The van der Waals surface area contributed by atoms with E-state index in [2.05, 4.69) is 5.32 Å². The fourth-order valence-electron chi connectivity index (χ4n) is 1.34. The van der Waals surface area contributed by atoms with Gasteiger partial charge in [0.15, 0.2) is 0 Å². The van der Waals surface area contributed by atoms with Gasteiger partial charge in [-0.2, -0.15) is 0 Å². The molecule has 0 aromatic heterocycles. The van der Waals surface area contributed by atoms with E-state index in [0.29, 0.717) is 33.0 Å². The lowest BCUT2D eigenvalue weighted by Gasteiger charge is -2.08. The maximum absolute atomic E-state index is 11.5. The molecule has 0 spiro atoms. The van der Waals surface area contributed by atoms with Crippen molar-refractivity contribution in [2.75, 3.05) is 38.7 Å². The molecule has 0 saturated carbocycles. The molecule has 2 N–H and O–H groups in total. The summed E-state index contributed by atoms with van der Waals surface area (Å²) in [6, 6.07) is 0. The van der Waals surface area contributed by atoms with E-state index in [9.17, 15) is 18.0 Å². The summed E-state index contributed by atoms with van der Waals surface area (Å²) >= 11 is 0. The molecule has 0 aromatic carbocycles. The number of amides is 2. The van der Waals surface area contributed by atoms with Crippen molar-refractivity contribution in [1.82, 2.24) is 10.0 Å². The first-order valence-electron chi connectivity index (χ1n) is 7.36. The highest BCUT2D eigenvalue weighted by Crippen LogP contribution is 1.91. The summed E-state index contributed by atoms with van der Waals surface area (Å²) in [7, 11) is -3.74. The predicted molar refractivity (Wildman–Crippen MR) is 81.8 cm³/mol. The Morgan fingerprint density at radius 3 is 2.18 bits per heavy atom. The Hall–Kier alpha value is -1.19. The molecule has 0 radical (unpaired) electrons. The standard InChI is InChI=1S/C13H26N2O6S/c1-3-7-20-9-10-21-8-6-14-13(17)5-11-22(18,19)15-12(16)4-2/h3-11H2,1-2H3,(H,14,17)(H,15,16). The Kier molecular flexibility index (Phi) is 11.7. The number of nitrogens with one attached hydrogen (secondary N) is 2. The van der Waals surface area contributed by atoms with Crippen molar-refractivity contribution in [2.24, 2.45) is 0 Å². The van der Waals surface area contributed by atoms with Crippen molar-refractivity contribution in [3.05, 3.63) is 0 Å². The van der Waals surface area contributed by atoms with Crippen LogP contribution >= 0.6 is 0 Å². The zero-order valence-electron chi connectivity index (χ0n) is 13.2. The first-order chi connectivity index (χ1) is 10.4. The largest absolute Gasteiger partial charge is 0.379 e. The summed E-state index contributed by atoms with van der Waals surface area (Å²) in [4.78, 5) is 22.4. The minimum atomic E-state index is -3.74. The Morgan fingerprint density at radius 2 is 1.59 bits per heavy atom. The Morgan fingerprint density at radius 1 is 0.955 bits per heavy atom. The third kappa shape index (κ3) is 12.5. The van der Waals surface area contributed by atoms with Crippen LogP contribution in [0.4, 0.5) is 0 Å². The molecule has 0 bridgehead atoms. The van der Waals surface area contributed by atoms with Gasteiger partial charge >= 0.3 is 0 Å². The van der Waals surface area contributed by atoms with E-state index in [1.165, 1.54) is 0 Å². The van der Waals surface area contributed by atoms with E-state index in [4.69, 9.17) is 9.47 Å². The molecule has 8 nitrogen and oxygen atoms in total. The van der Waals surface area contributed by atoms with Crippen LogP contribution in [-0.4, -0.2) is 59.0 Å². The zero-order chi connectivity index (χ0) is 16.8. The van der Waals surface area contributed by atoms with E-state index < -0.39 is 27.6 Å². The van der Waals surface area contributed by atoms with Gasteiger partial charge in [0.05, 0.1) is 25.6 Å². The topological polar surface area (TPSA) is 111 Å². The Balaban J connectivity index is 3.63. The fourth-order valence-corrected chi connectivity index (χ4v) is 2.39. The van der Waals surface area contributed by atoms with Crippen LogP contribution in [0, 0.1) is 0 Å². The maximum atomic E-state index is 11.5. The third-order valence-corrected chi connectivity index (χ3v) is 3.76. The summed E-state index contributed by atoms with van der Waals surface area (Å²) in [5, 5.41) is 2.54. The van der Waals surface area contributed by atoms with E-state index in [1.807, 2.05) is 11.6 Å². The van der Waals surface area contributed by atoms with Crippen LogP contribution in [0.1, 0.15) is 33.1 Å². The molecule has 0 rings (SSSR count). The van der Waals surface area contributed by atoms with Crippen molar-refractivity contribution >= 4 is 21.8 Å². The number of carbonyl (C=O) groups is 2. The first kappa shape index (κ1) is 20.8. The average Bonchev–Trinajstić information content (AvgIpc) is 2.47. The molecule has 0 fully saturated rings. The molecule has 22 heavy (non-hydrogen) atoms. The van der Waals surface area contributed by atoms with Crippen molar-refractivity contribution in [1.29, 1.82) is 0 Å². The van der Waals surface area contributed by atoms with Crippen LogP contribution in [0.25, 0.3) is 0 Å². The van der Waals surface area contributed by atoms with Gasteiger partial charge in [-0.3, -0.25) is 14.3 Å². The van der Waals surface area contributed by atoms with Gasteiger partial charge in [-0.25, -0.2) is 8.42 Å². The molecule has 2 amide bonds. The summed E-state index contributed by atoms with van der Waals surface area (Å²) in [5.74, 6) is -1.41. The summed E-state index contributed by atoms with van der Waals surface area (Å²) in [5.41, 5.74) is 0. The third-order valence-electron chi connectivity index (χ3n) is 2.48. The summed E-state index contributed by atoms with van der Waals surface area (Å²) in [6.07, 6.45) is 0.828. The van der Waals surface area contributed by atoms with Crippen LogP contribution in [0.15, 0.2) is 0 Å². The molecule has 0 unspecified atom stereocenters. The lowest BCUT2D eigenvalue weighted by Crippen LogP contribution is -2.35. The highest BCUT2D eigenvalue weighted by atomic mass is 32.2. The van der Waals surface area contributed by atoms with Gasteiger partial charge in [0.25, 0.3) is 0 Å². The molecule has 0 heterocycles. The van der Waals surface area contributed by atoms with Crippen LogP contribution in [0.3, 0.4) is 0 Å². The summed E-state index contributed by atoms with van der Waals surface area (Å²) < 4.78 is 35.2. The second-order valence-corrected chi connectivity index (χ2v) is 6.36. The lowest BCUT2D eigenvalue weighted by atomic mass is 10.4. The van der Waals surface area contributed by atoms with Crippen LogP contribution in [-0.2, 0) is 29.1 Å². The van der Waals surface area contributed by atoms with Gasteiger partial charge in [0.2, 0.25) is 21.8 Å². The molecular formula is C13H26N2O6S. The minimum absolute atomic E-state index is 0.0741. The smallest absolute Gasteiger partial charge is 0.235 e. The van der Waals surface area contributed by atoms with Crippen LogP contribution in [0.2, 0.25) is 0 Å². The highest BCUT2D eigenvalue weighted by Gasteiger charge is 2.15. The maximum Gasteiger partial charge on any atom is 0.235 e. The molecular weight excluding hydrogens is 312 g/mol. The number of ether oxygens (including phenoxy) is 2. The van der Waals surface area contributed by atoms with Crippen molar-refractivity contribution in [3.63, 3.8) is 0 Å². The molecule has 0 saturated heterocycles. The van der Waals surface area contributed by atoms with E-state index >= 15 is 0 Å². The quantitative estimate of drug-likeness (QED) is 0.450. The van der Waals surface area contributed by atoms with Crippen molar-refractivity contribution in [3.8, 4) is 0 Å². The second-order valence-electron chi connectivity index (χ2n) is 4.52. The number of rotatable bonds is 13. The van der Waals surface area contributed by atoms with Crippen molar-refractivity contribution < 1.29 is 27.5 Å². The lowest BCUT2D eigenvalue weighted by molar-refractivity contribution is -0.121. The molecule has 0 atom stereocenters. The molecule has 0 aromatic rings. The Bertz CT molecular complexity index is 424. The van der Waals surface area contributed by atoms with Gasteiger partial charge in [0, 0.05) is 26.0 Å². The number of carbonyl (C=O) groups excluding carboxylic acids is 2. The molecule has 0 aliphatic heterocycles. The van der Waals surface area contributed by atoms with Gasteiger partial charge in [-0.1, -0.05) is 13.8 Å². The van der Waals surface area contributed by atoms with Crippen LogP contribution in [0.5, 0.6) is 0 Å². The monoisotopic (exact) mass is 338 g/mol. The van der Waals surface area contributed by atoms with E-state index in [0.717, 1.165) is 6.42 Å². The molecule has 130 valence electrons. The van der Waals surface area contributed by atoms with E-state index in [1.54, 1.807) is 6.92 Å².